The standard InChI is InChI=1S/C21H18BrN3O/c1-26-21-13-19(17-3-2-9-23-17)25-20(21)12-18-15(8-10-24-18)11-14-4-6-16(22)7-5-14/h2-10,12-13,23,25H,11H2,1H3/b18-12-. The molecule has 2 aromatic heterocycles. The Hall–Kier alpha value is -2.79. The van der Waals surface area contributed by atoms with Gasteiger partial charge in [0.2, 0.25) is 0 Å². The molecule has 0 saturated carbocycles. The molecule has 0 atom stereocenters. The predicted molar refractivity (Wildman–Crippen MR) is 110 cm³/mol. The third-order valence-corrected chi connectivity index (χ3v) is 4.85. The van der Waals surface area contributed by atoms with E-state index in [9.17, 15) is 0 Å². The van der Waals surface area contributed by atoms with Crippen LogP contribution in [0.5, 0.6) is 5.75 Å². The number of aliphatic imine (C=N–C) groups is 1. The van der Waals surface area contributed by atoms with Crippen LogP contribution < -0.4 is 4.74 Å². The molecule has 3 heterocycles. The lowest BCUT2D eigenvalue weighted by molar-refractivity contribution is 0.414. The number of methoxy groups -OCH3 is 1. The van der Waals surface area contributed by atoms with Crippen molar-refractivity contribution < 1.29 is 4.74 Å². The van der Waals surface area contributed by atoms with Gasteiger partial charge in [0, 0.05) is 23.0 Å². The highest BCUT2D eigenvalue weighted by atomic mass is 79.9. The van der Waals surface area contributed by atoms with Gasteiger partial charge in [-0.1, -0.05) is 28.1 Å². The predicted octanol–water partition coefficient (Wildman–Crippen LogP) is 5.38. The SMILES string of the molecule is COc1cc(-c2ccc[nH]2)[nH]c1/C=C1\N=CC=C1Cc1ccc(Br)cc1. The molecule has 0 amide bonds. The molecule has 3 aromatic rings. The number of nitrogens with one attached hydrogen (secondary N) is 2. The van der Waals surface area contributed by atoms with Crippen LogP contribution in [0.2, 0.25) is 0 Å². The number of nitrogens with zero attached hydrogens (tertiary/aromatic N) is 1. The summed E-state index contributed by atoms with van der Waals surface area (Å²) in [6.07, 6.45) is 8.70. The lowest BCUT2D eigenvalue weighted by Crippen LogP contribution is -1.92. The van der Waals surface area contributed by atoms with E-state index >= 15 is 0 Å². The first-order valence-electron chi connectivity index (χ1n) is 8.33. The molecule has 0 aliphatic carbocycles. The Labute approximate surface area is 160 Å². The molecule has 1 aromatic carbocycles. The average Bonchev–Trinajstić information content (AvgIpc) is 3.38. The Kier molecular flexibility index (Phi) is 4.63. The van der Waals surface area contributed by atoms with E-state index in [1.165, 1.54) is 11.1 Å². The summed E-state index contributed by atoms with van der Waals surface area (Å²) >= 11 is 3.48. The normalized spacial score (nSPS) is 14.8. The van der Waals surface area contributed by atoms with E-state index in [0.29, 0.717) is 0 Å². The lowest BCUT2D eigenvalue weighted by Gasteiger charge is -2.05. The minimum atomic E-state index is 0.798. The highest BCUT2D eigenvalue weighted by molar-refractivity contribution is 9.10. The van der Waals surface area contributed by atoms with Crippen molar-refractivity contribution in [3.8, 4) is 17.1 Å². The van der Waals surface area contributed by atoms with E-state index in [4.69, 9.17) is 4.74 Å². The van der Waals surface area contributed by atoms with E-state index in [-0.39, 0.29) is 0 Å². The van der Waals surface area contributed by atoms with Gasteiger partial charge in [-0.25, -0.2) is 0 Å². The molecule has 2 N–H and O–H groups in total. The summed E-state index contributed by atoms with van der Waals surface area (Å²) in [6, 6.07) is 14.4. The number of halogens is 1. The summed E-state index contributed by atoms with van der Waals surface area (Å²) in [4.78, 5) is 11.1. The summed E-state index contributed by atoms with van der Waals surface area (Å²) in [5.74, 6) is 0.798. The summed E-state index contributed by atoms with van der Waals surface area (Å²) < 4.78 is 6.62. The highest BCUT2D eigenvalue weighted by Crippen LogP contribution is 2.31. The van der Waals surface area contributed by atoms with Gasteiger partial charge in [-0.15, -0.1) is 0 Å². The van der Waals surface area contributed by atoms with E-state index in [1.807, 2.05) is 36.7 Å². The number of allylic oxidation sites excluding steroid dienone is 2. The van der Waals surface area contributed by atoms with Gasteiger partial charge in [0.15, 0.2) is 0 Å². The Bertz CT molecular complexity index is 993. The maximum atomic E-state index is 5.53. The second-order valence-electron chi connectivity index (χ2n) is 6.05. The zero-order chi connectivity index (χ0) is 17.9. The minimum absolute atomic E-state index is 0.798. The molecular weight excluding hydrogens is 390 g/mol. The molecular formula is C21H18BrN3O. The molecule has 0 spiro atoms. The number of rotatable bonds is 5. The van der Waals surface area contributed by atoms with E-state index in [0.717, 1.165) is 39.4 Å². The van der Waals surface area contributed by atoms with Crippen LogP contribution in [0.15, 0.2) is 75.5 Å². The quantitative estimate of drug-likeness (QED) is 0.586. The molecule has 5 heteroatoms. The second-order valence-corrected chi connectivity index (χ2v) is 6.97. The number of hydrogen-bond acceptors (Lipinski definition) is 2. The molecule has 4 rings (SSSR count). The molecule has 0 fully saturated rings. The van der Waals surface area contributed by atoms with Crippen molar-refractivity contribution in [2.45, 2.75) is 6.42 Å². The Morgan fingerprint density at radius 3 is 2.73 bits per heavy atom. The number of aromatic amines is 2. The van der Waals surface area contributed by atoms with Crippen molar-refractivity contribution >= 4 is 28.2 Å². The van der Waals surface area contributed by atoms with Crippen molar-refractivity contribution in [2.24, 2.45) is 4.99 Å². The largest absolute Gasteiger partial charge is 0.494 e. The number of hydrogen-bond donors (Lipinski definition) is 2. The van der Waals surface area contributed by atoms with Crippen LogP contribution >= 0.6 is 15.9 Å². The van der Waals surface area contributed by atoms with Crippen molar-refractivity contribution in [3.63, 3.8) is 0 Å². The van der Waals surface area contributed by atoms with Gasteiger partial charge >= 0.3 is 0 Å². The van der Waals surface area contributed by atoms with Gasteiger partial charge < -0.3 is 14.7 Å². The van der Waals surface area contributed by atoms with Crippen LogP contribution in [-0.4, -0.2) is 23.3 Å². The van der Waals surface area contributed by atoms with Crippen LogP contribution in [0.25, 0.3) is 17.5 Å². The zero-order valence-corrected chi connectivity index (χ0v) is 15.9. The van der Waals surface area contributed by atoms with Gasteiger partial charge in [-0.2, -0.15) is 0 Å². The van der Waals surface area contributed by atoms with Crippen LogP contribution in [0.4, 0.5) is 0 Å². The molecule has 0 radical (unpaired) electrons. The van der Waals surface area contributed by atoms with Crippen LogP contribution in [0.3, 0.4) is 0 Å². The Morgan fingerprint density at radius 1 is 1.15 bits per heavy atom. The Balaban J connectivity index is 1.62. The molecule has 26 heavy (non-hydrogen) atoms. The highest BCUT2D eigenvalue weighted by Gasteiger charge is 2.14. The van der Waals surface area contributed by atoms with Crippen LogP contribution in [0.1, 0.15) is 11.3 Å². The van der Waals surface area contributed by atoms with Crippen molar-refractivity contribution in [2.75, 3.05) is 7.11 Å². The van der Waals surface area contributed by atoms with E-state index < -0.39 is 0 Å². The molecule has 130 valence electrons. The van der Waals surface area contributed by atoms with Gasteiger partial charge in [0.1, 0.15) is 5.75 Å². The van der Waals surface area contributed by atoms with Crippen LogP contribution in [-0.2, 0) is 6.42 Å². The average molecular weight is 408 g/mol. The summed E-state index contributed by atoms with van der Waals surface area (Å²) in [5, 5.41) is 0. The van der Waals surface area contributed by atoms with Crippen molar-refractivity contribution in [1.82, 2.24) is 9.97 Å². The third-order valence-electron chi connectivity index (χ3n) is 4.33. The minimum Gasteiger partial charge on any atom is -0.494 e. The van der Waals surface area contributed by atoms with Crippen LogP contribution in [0, 0.1) is 0 Å². The smallest absolute Gasteiger partial charge is 0.144 e. The maximum absolute atomic E-state index is 5.53. The first kappa shape index (κ1) is 16.7. The summed E-state index contributed by atoms with van der Waals surface area (Å²) in [7, 11) is 1.68. The fourth-order valence-corrected chi connectivity index (χ4v) is 3.25. The first-order chi connectivity index (χ1) is 12.7. The number of aromatic nitrogens is 2. The summed E-state index contributed by atoms with van der Waals surface area (Å²) in [6.45, 7) is 0. The monoisotopic (exact) mass is 407 g/mol. The molecule has 0 saturated heterocycles. The fourth-order valence-electron chi connectivity index (χ4n) is 2.98. The third kappa shape index (κ3) is 3.44. The fraction of sp³-hybridized carbons (Fsp3) is 0.0952. The molecule has 4 nitrogen and oxygen atoms in total. The van der Waals surface area contributed by atoms with Crippen molar-refractivity contribution in [1.29, 1.82) is 0 Å². The van der Waals surface area contributed by atoms with E-state index in [2.05, 4.69) is 61.2 Å². The lowest BCUT2D eigenvalue weighted by atomic mass is 10.0. The molecule has 1 aliphatic heterocycles. The topological polar surface area (TPSA) is 53.2 Å². The Morgan fingerprint density at radius 2 is 2.00 bits per heavy atom. The van der Waals surface area contributed by atoms with Gasteiger partial charge in [-0.3, -0.25) is 4.99 Å². The molecule has 1 aliphatic rings. The number of ether oxygens (including phenoxy) is 1. The summed E-state index contributed by atoms with van der Waals surface area (Å²) in [5.41, 5.74) is 6.30. The van der Waals surface area contributed by atoms with E-state index in [1.54, 1.807) is 7.11 Å². The molecule has 0 unspecified atom stereocenters. The van der Waals surface area contributed by atoms with Crippen molar-refractivity contribution in [3.05, 3.63) is 81.7 Å². The van der Waals surface area contributed by atoms with Gasteiger partial charge in [0.25, 0.3) is 0 Å². The molecule has 0 bridgehead atoms. The second kappa shape index (κ2) is 7.22. The first-order valence-corrected chi connectivity index (χ1v) is 9.13. The number of benzene rings is 1. The maximum Gasteiger partial charge on any atom is 0.144 e. The van der Waals surface area contributed by atoms with Gasteiger partial charge in [0.05, 0.1) is 29.9 Å². The number of H-pyrrole nitrogens is 2. The van der Waals surface area contributed by atoms with Gasteiger partial charge in [-0.05, 0) is 54.0 Å². The zero-order valence-electron chi connectivity index (χ0n) is 14.3.